The predicted octanol–water partition coefficient (Wildman–Crippen LogP) is 10.5. The van der Waals surface area contributed by atoms with Gasteiger partial charge in [-0.3, -0.25) is 4.79 Å². The summed E-state index contributed by atoms with van der Waals surface area (Å²) in [6, 6.07) is 20.2. The van der Waals surface area contributed by atoms with Crippen molar-refractivity contribution in [2.45, 2.75) is 136 Å². The molecule has 0 N–H and O–H groups in total. The Morgan fingerprint density at radius 2 is 1.29 bits per heavy atom. The highest BCUT2D eigenvalue weighted by atomic mass is 16.5. The highest BCUT2D eigenvalue weighted by molar-refractivity contribution is 5.94. The molecule has 0 fully saturated rings. The van der Waals surface area contributed by atoms with Gasteiger partial charge in [0.1, 0.15) is 12.8 Å². The molecule has 4 heteroatoms. The first-order valence-electron chi connectivity index (χ1n) is 17.8. The largest absolute Gasteiger partial charge is 0.493 e. The molecule has 45 heavy (non-hydrogen) atoms. The third-order valence-corrected chi connectivity index (χ3v) is 8.66. The van der Waals surface area contributed by atoms with Crippen molar-refractivity contribution in [3.63, 3.8) is 0 Å². The van der Waals surface area contributed by atoms with Gasteiger partial charge in [0, 0.05) is 23.7 Å². The van der Waals surface area contributed by atoms with E-state index in [1.165, 1.54) is 89.0 Å². The third-order valence-electron chi connectivity index (χ3n) is 8.66. The summed E-state index contributed by atoms with van der Waals surface area (Å²) in [6.07, 6.45) is 23.1. The summed E-state index contributed by atoms with van der Waals surface area (Å²) in [5.41, 5.74) is 4.06. The number of benzene rings is 2. The van der Waals surface area contributed by atoms with Gasteiger partial charge in [-0.2, -0.15) is 0 Å². The number of aryl methyl sites for hydroxylation is 1. The minimum absolute atomic E-state index is 0.0394. The SMILES string of the molecule is CCCCCCCCCCCCCCCCOc1ccc(CN(Cc2ccc[n+](C)c2)C(=O)c2ccccc2)cc1C(C)(C)C. The minimum atomic E-state index is -0.0672. The molecule has 246 valence electrons. The van der Waals surface area contributed by atoms with E-state index in [0.29, 0.717) is 18.7 Å². The number of nitrogens with zero attached hydrogens (tertiary/aromatic N) is 2. The lowest BCUT2D eigenvalue weighted by Gasteiger charge is -2.26. The van der Waals surface area contributed by atoms with Crippen LogP contribution in [0.15, 0.2) is 73.1 Å². The molecule has 0 aliphatic rings. The first-order valence-corrected chi connectivity index (χ1v) is 17.8. The molecule has 3 rings (SSSR count). The van der Waals surface area contributed by atoms with E-state index in [1.807, 2.05) is 59.1 Å². The Balaban J connectivity index is 1.49. The van der Waals surface area contributed by atoms with Crippen LogP contribution < -0.4 is 9.30 Å². The molecule has 0 atom stereocenters. The second kappa shape index (κ2) is 20.1. The number of carbonyl (C=O) groups excluding carboxylic acids is 1. The van der Waals surface area contributed by atoms with Crippen molar-refractivity contribution in [2.75, 3.05) is 6.61 Å². The van der Waals surface area contributed by atoms with Gasteiger partial charge < -0.3 is 9.64 Å². The van der Waals surface area contributed by atoms with E-state index in [0.717, 1.165) is 29.9 Å². The molecular formula is C41H61N2O2+. The van der Waals surface area contributed by atoms with E-state index in [9.17, 15) is 4.79 Å². The highest BCUT2D eigenvalue weighted by Gasteiger charge is 2.22. The van der Waals surface area contributed by atoms with Crippen molar-refractivity contribution in [2.24, 2.45) is 7.05 Å². The Kier molecular flexibility index (Phi) is 16.2. The summed E-state index contributed by atoms with van der Waals surface area (Å²) in [7, 11) is 2.01. The number of unbranched alkanes of at least 4 members (excludes halogenated alkanes) is 13. The molecule has 1 amide bonds. The molecule has 0 aliphatic heterocycles. The van der Waals surface area contributed by atoms with Crippen molar-refractivity contribution < 1.29 is 14.1 Å². The molecule has 0 bridgehead atoms. The first kappa shape index (κ1) is 36.3. The van der Waals surface area contributed by atoms with Crippen LogP contribution in [0, 0.1) is 0 Å². The quantitative estimate of drug-likeness (QED) is 0.0884. The Bertz CT molecular complexity index is 1250. The van der Waals surface area contributed by atoms with Gasteiger partial charge >= 0.3 is 0 Å². The Labute approximate surface area is 275 Å². The average molecular weight is 614 g/mol. The van der Waals surface area contributed by atoms with Gasteiger partial charge in [0.2, 0.25) is 0 Å². The van der Waals surface area contributed by atoms with Crippen LogP contribution in [0.1, 0.15) is 145 Å². The zero-order valence-electron chi connectivity index (χ0n) is 29.2. The van der Waals surface area contributed by atoms with Gasteiger partial charge in [-0.05, 0) is 53.3 Å². The first-order chi connectivity index (χ1) is 21.8. The van der Waals surface area contributed by atoms with Crippen molar-refractivity contribution in [3.8, 4) is 5.75 Å². The number of hydrogen-bond acceptors (Lipinski definition) is 2. The van der Waals surface area contributed by atoms with Gasteiger partial charge in [0.15, 0.2) is 12.4 Å². The van der Waals surface area contributed by atoms with E-state index in [1.54, 1.807) is 0 Å². The molecule has 0 spiro atoms. The van der Waals surface area contributed by atoms with E-state index < -0.39 is 0 Å². The lowest BCUT2D eigenvalue weighted by molar-refractivity contribution is -0.672. The van der Waals surface area contributed by atoms with Crippen molar-refractivity contribution in [1.82, 2.24) is 4.90 Å². The predicted molar refractivity (Wildman–Crippen MR) is 189 cm³/mol. The van der Waals surface area contributed by atoms with Crippen LogP contribution >= 0.6 is 0 Å². The maximum atomic E-state index is 13.6. The van der Waals surface area contributed by atoms with Crippen LogP contribution in [-0.2, 0) is 25.6 Å². The van der Waals surface area contributed by atoms with Gasteiger partial charge in [0.05, 0.1) is 13.2 Å². The Morgan fingerprint density at radius 1 is 0.711 bits per heavy atom. The van der Waals surface area contributed by atoms with Crippen LogP contribution in [-0.4, -0.2) is 17.4 Å². The second-order valence-electron chi connectivity index (χ2n) is 13.9. The summed E-state index contributed by atoms with van der Waals surface area (Å²) in [5, 5.41) is 0. The van der Waals surface area contributed by atoms with Crippen LogP contribution in [0.25, 0.3) is 0 Å². The van der Waals surface area contributed by atoms with E-state index in [2.05, 4.69) is 58.2 Å². The maximum absolute atomic E-state index is 13.6. The van der Waals surface area contributed by atoms with Crippen molar-refractivity contribution in [1.29, 1.82) is 0 Å². The smallest absolute Gasteiger partial charge is 0.254 e. The second-order valence-corrected chi connectivity index (χ2v) is 13.9. The number of hydrogen-bond donors (Lipinski definition) is 0. The normalized spacial score (nSPS) is 11.5. The van der Waals surface area contributed by atoms with Crippen LogP contribution in [0.5, 0.6) is 5.75 Å². The molecule has 3 aromatic rings. The minimum Gasteiger partial charge on any atom is -0.493 e. The molecule has 2 aromatic carbocycles. The highest BCUT2D eigenvalue weighted by Crippen LogP contribution is 2.33. The number of pyridine rings is 1. The molecule has 0 saturated heterocycles. The van der Waals surface area contributed by atoms with Gasteiger partial charge in [-0.15, -0.1) is 0 Å². The summed E-state index contributed by atoms with van der Waals surface area (Å²) in [6.45, 7) is 10.8. The van der Waals surface area contributed by atoms with Crippen LogP contribution in [0.2, 0.25) is 0 Å². The zero-order valence-corrected chi connectivity index (χ0v) is 29.2. The number of rotatable bonds is 21. The fraction of sp³-hybridized carbons (Fsp3) is 0.561. The van der Waals surface area contributed by atoms with Crippen LogP contribution in [0.4, 0.5) is 0 Å². The molecule has 1 aromatic heterocycles. The molecular weight excluding hydrogens is 552 g/mol. The Hall–Kier alpha value is -3.14. The zero-order chi connectivity index (χ0) is 32.3. The standard InChI is InChI=1S/C41H61N2O2/c1-6-7-8-9-10-11-12-13-14-15-16-17-18-22-30-45-39-28-27-35(31-38(39)41(2,3)4)33-43(34-36-24-23-29-42(5)32-36)40(44)37-25-20-19-21-26-37/h19-21,23-29,31-32H,6-18,22,30,33-34H2,1-5H3/q+1. The molecule has 0 saturated carbocycles. The van der Waals surface area contributed by atoms with E-state index in [4.69, 9.17) is 4.74 Å². The van der Waals surface area contributed by atoms with Gasteiger partial charge in [-0.1, -0.05) is 135 Å². The molecule has 0 aliphatic carbocycles. The lowest BCUT2D eigenvalue weighted by atomic mass is 9.85. The number of aromatic nitrogens is 1. The molecule has 4 nitrogen and oxygen atoms in total. The monoisotopic (exact) mass is 613 g/mol. The maximum Gasteiger partial charge on any atom is 0.254 e. The molecule has 1 heterocycles. The Morgan fingerprint density at radius 3 is 1.87 bits per heavy atom. The number of amides is 1. The summed E-state index contributed by atoms with van der Waals surface area (Å²) in [4.78, 5) is 15.6. The fourth-order valence-corrected chi connectivity index (χ4v) is 6.01. The average Bonchev–Trinajstić information content (AvgIpc) is 3.02. The third kappa shape index (κ3) is 13.8. The topological polar surface area (TPSA) is 33.4 Å². The fourth-order valence-electron chi connectivity index (χ4n) is 6.01. The van der Waals surface area contributed by atoms with Crippen molar-refractivity contribution >= 4 is 5.91 Å². The number of ether oxygens (including phenoxy) is 1. The number of carbonyl (C=O) groups is 1. The molecule has 0 radical (unpaired) electrons. The molecule has 0 unspecified atom stereocenters. The van der Waals surface area contributed by atoms with Crippen LogP contribution in [0.3, 0.4) is 0 Å². The lowest BCUT2D eigenvalue weighted by Crippen LogP contribution is -2.32. The van der Waals surface area contributed by atoms with E-state index in [-0.39, 0.29) is 11.3 Å². The summed E-state index contributed by atoms with van der Waals surface area (Å²) >= 11 is 0. The van der Waals surface area contributed by atoms with Crippen molar-refractivity contribution in [3.05, 3.63) is 95.3 Å². The van der Waals surface area contributed by atoms with Gasteiger partial charge in [0.25, 0.3) is 5.91 Å². The van der Waals surface area contributed by atoms with Gasteiger partial charge in [-0.25, -0.2) is 4.57 Å². The summed E-state index contributed by atoms with van der Waals surface area (Å²) in [5.74, 6) is 1.01. The van der Waals surface area contributed by atoms with E-state index >= 15 is 0 Å². The summed E-state index contributed by atoms with van der Waals surface area (Å²) < 4.78 is 8.40.